The lowest BCUT2D eigenvalue weighted by atomic mass is 10.0. The van der Waals surface area contributed by atoms with Crippen molar-refractivity contribution in [2.75, 3.05) is 30.3 Å². The van der Waals surface area contributed by atoms with E-state index in [0.717, 1.165) is 21.7 Å². The second kappa shape index (κ2) is 11.0. The SMILES string of the molecule is CCOc1ccc(CNC(=O)CN(c2ccc(C(C)C)cc2)S(C)(=O)=O)cc1OCC. The molecule has 0 saturated carbocycles. The average molecular weight is 449 g/mol. The van der Waals surface area contributed by atoms with Gasteiger partial charge in [-0.05, 0) is 55.2 Å². The Morgan fingerprint density at radius 3 is 2.16 bits per heavy atom. The monoisotopic (exact) mass is 448 g/mol. The Kier molecular flexibility index (Phi) is 8.74. The average Bonchev–Trinajstić information content (AvgIpc) is 2.71. The fourth-order valence-corrected chi connectivity index (χ4v) is 3.87. The van der Waals surface area contributed by atoms with Gasteiger partial charge in [-0.3, -0.25) is 9.10 Å². The first-order valence-corrected chi connectivity index (χ1v) is 12.2. The number of nitrogens with zero attached hydrogens (tertiary/aromatic N) is 1. The highest BCUT2D eigenvalue weighted by Crippen LogP contribution is 2.28. The van der Waals surface area contributed by atoms with Gasteiger partial charge in [0.15, 0.2) is 11.5 Å². The van der Waals surface area contributed by atoms with Gasteiger partial charge in [0, 0.05) is 6.54 Å². The summed E-state index contributed by atoms with van der Waals surface area (Å²) in [5.41, 5.74) is 2.39. The summed E-state index contributed by atoms with van der Waals surface area (Å²) in [6.45, 7) is 8.88. The molecule has 0 unspecified atom stereocenters. The Morgan fingerprint density at radius 1 is 1.00 bits per heavy atom. The Morgan fingerprint density at radius 2 is 1.61 bits per heavy atom. The fraction of sp³-hybridized carbons (Fsp3) is 0.435. The highest BCUT2D eigenvalue weighted by atomic mass is 32.2. The van der Waals surface area contributed by atoms with Crippen LogP contribution in [0.2, 0.25) is 0 Å². The van der Waals surface area contributed by atoms with E-state index in [1.807, 2.05) is 38.1 Å². The minimum absolute atomic E-state index is 0.245. The van der Waals surface area contributed by atoms with Crippen molar-refractivity contribution >= 4 is 21.6 Å². The van der Waals surface area contributed by atoms with Crippen molar-refractivity contribution < 1.29 is 22.7 Å². The van der Waals surface area contributed by atoms with Gasteiger partial charge in [-0.2, -0.15) is 0 Å². The van der Waals surface area contributed by atoms with Gasteiger partial charge < -0.3 is 14.8 Å². The molecule has 170 valence electrons. The largest absolute Gasteiger partial charge is 0.490 e. The number of anilines is 1. The van der Waals surface area contributed by atoms with Gasteiger partial charge in [-0.25, -0.2) is 8.42 Å². The summed E-state index contributed by atoms with van der Waals surface area (Å²) in [5.74, 6) is 1.19. The maximum absolute atomic E-state index is 12.5. The molecule has 0 aromatic heterocycles. The van der Waals surface area contributed by atoms with Crippen LogP contribution < -0.4 is 19.1 Å². The molecular formula is C23H32N2O5S. The number of carbonyl (C=O) groups excluding carboxylic acids is 1. The van der Waals surface area contributed by atoms with Crippen molar-refractivity contribution in [2.24, 2.45) is 0 Å². The van der Waals surface area contributed by atoms with Gasteiger partial charge >= 0.3 is 0 Å². The molecule has 7 nitrogen and oxygen atoms in total. The zero-order chi connectivity index (χ0) is 23.0. The van der Waals surface area contributed by atoms with Crippen LogP contribution in [0.5, 0.6) is 11.5 Å². The molecule has 0 atom stereocenters. The molecule has 0 bridgehead atoms. The second-order valence-electron chi connectivity index (χ2n) is 7.44. The predicted molar refractivity (Wildman–Crippen MR) is 123 cm³/mol. The number of amides is 1. The smallest absolute Gasteiger partial charge is 0.241 e. The van der Waals surface area contributed by atoms with E-state index in [2.05, 4.69) is 19.2 Å². The second-order valence-corrected chi connectivity index (χ2v) is 9.35. The van der Waals surface area contributed by atoms with Gasteiger partial charge in [0.25, 0.3) is 0 Å². The van der Waals surface area contributed by atoms with E-state index in [9.17, 15) is 13.2 Å². The van der Waals surface area contributed by atoms with Crippen LogP contribution in [0.4, 0.5) is 5.69 Å². The third kappa shape index (κ3) is 7.17. The number of rotatable bonds is 11. The quantitative estimate of drug-likeness (QED) is 0.567. The van der Waals surface area contributed by atoms with Crippen molar-refractivity contribution in [2.45, 2.75) is 40.2 Å². The van der Waals surface area contributed by atoms with E-state index in [-0.39, 0.29) is 13.1 Å². The summed E-state index contributed by atoms with van der Waals surface area (Å²) in [6.07, 6.45) is 1.09. The fourth-order valence-electron chi connectivity index (χ4n) is 3.02. The first kappa shape index (κ1) is 24.5. The molecule has 0 heterocycles. The molecule has 31 heavy (non-hydrogen) atoms. The maximum atomic E-state index is 12.5. The van der Waals surface area contributed by atoms with Crippen molar-refractivity contribution in [3.8, 4) is 11.5 Å². The highest BCUT2D eigenvalue weighted by Gasteiger charge is 2.21. The first-order chi connectivity index (χ1) is 14.7. The summed E-state index contributed by atoms with van der Waals surface area (Å²) < 4.78 is 36.8. The molecule has 2 aromatic carbocycles. The summed E-state index contributed by atoms with van der Waals surface area (Å²) in [7, 11) is -3.62. The maximum Gasteiger partial charge on any atom is 0.241 e. The van der Waals surface area contributed by atoms with Gasteiger partial charge in [0.05, 0.1) is 25.2 Å². The zero-order valence-electron chi connectivity index (χ0n) is 18.8. The molecule has 0 aliphatic rings. The van der Waals surface area contributed by atoms with Crippen LogP contribution in [0, 0.1) is 0 Å². The molecule has 1 amide bonds. The van der Waals surface area contributed by atoms with Crippen LogP contribution in [-0.4, -0.2) is 40.3 Å². The summed E-state index contributed by atoms with van der Waals surface area (Å²) in [5, 5.41) is 2.78. The molecule has 2 aromatic rings. The standard InChI is InChI=1S/C23H32N2O5S/c1-6-29-21-13-8-18(14-22(21)30-7-2)15-24-23(26)16-25(31(5,27)28)20-11-9-19(10-12-20)17(3)4/h8-14,17H,6-7,15-16H2,1-5H3,(H,24,26). The molecule has 0 spiro atoms. The Balaban J connectivity index is 2.09. The number of hydrogen-bond donors (Lipinski definition) is 1. The van der Waals surface area contributed by atoms with Crippen LogP contribution in [0.15, 0.2) is 42.5 Å². The van der Waals surface area contributed by atoms with E-state index in [1.165, 1.54) is 0 Å². The van der Waals surface area contributed by atoms with Gasteiger partial charge in [0.1, 0.15) is 6.54 Å². The highest BCUT2D eigenvalue weighted by molar-refractivity contribution is 7.92. The van der Waals surface area contributed by atoms with Crippen molar-refractivity contribution in [3.63, 3.8) is 0 Å². The topological polar surface area (TPSA) is 84.9 Å². The molecule has 1 N–H and O–H groups in total. The third-order valence-corrected chi connectivity index (χ3v) is 5.77. The number of benzene rings is 2. The van der Waals surface area contributed by atoms with E-state index in [1.54, 1.807) is 18.2 Å². The minimum Gasteiger partial charge on any atom is -0.490 e. The first-order valence-electron chi connectivity index (χ1n) is 10.4. The number of ether oxygens (including phenoxy) is 2. The summed E-state index contributed by atoms with van der Waals surface area (Å²) >= 11 is 0. The number of carbonyl (C=O) groups is 1. The van der Waals surface area contributed by atoms with Crippen LogP contribution in [0.1, 0.15) is 44.7 Å². The lowest BCUT2D eigenvalue weighted by Crippen LogP contribution is -2.40. The molecule has 0 fully saturated rings. The lowest BCUT2D eigenvalue weighted by molar-refractivity contribution is -0.119. The molecular weight excluding hydrogens is 416 g/mol. The van der Waals surface area contributed by atoms with Crippen molar-refractivity contribution in [1.29, 1.82) is 0 Å². The molecule has 0 radical (unpaired) electrons. The van der Waals surface area contributed by atoms with Crippen LogP contribution in [0.25, 0.3) is 0 Å². The van der Waals surface area contributed by atoms with E-state index in [0.29, 0.717) is 36.3 Å². The van der Waals surface area contributed by atoms with Crippen LogP contribution in [-0.2, 0) is 21.4 Å². The van der Waals surface area contributed by atoms with Crippen molar-refractivity contribution in [3.05, 3.63) is 53.6 Å². The predicted octanol–water partition coefficient (Wildman–Crippen LogP) is 3.69. The summed E-state index contributed by atoms with van der Waals surface area (Å²) in [6, 6.07) is 12.7. The van der Waals surface area contributed by atoms with Gasteiger partial charge in [-0.1, -0.05) is 32.0 Å². The zero-order valence-corrected chi connectivity index (χ0v) is 19.7. The minimum atomic E-state index is -3.62. The molecule has 0 aliphatic heterocycles. The third-order valence-electron chi connectivity index (χ3n) is 4.63. The molecule has 0 saturated heterocycles. The van der Waals surface area contributed by atoms with E-state index >= 15 is 0 Å². The number of nitrogens with one attached hydrogen (secondary N) is 1. The Bertz CT molecular complexity index is 972. The lowest BCUT2D eigenvalue weighted by Gasteiger charge is -2.22. The van der Waals surface area contributed by atoms with Gasteiger partial charge in [0.2, 0.25) is 15.9 Å². The van der Waals surface area contributed by atoms with Crippen LogP contribution >= 0.6 is 0 Å². The number of sulfonamides is 1. The Labute approximate surface area is 185 Å². The molecule has 8 heteroatoms. The van der Waals surface area contributed by atoms with E-state index < -0.39 is 15.9 Å². The number of hydrogen-bond acceptors (Lipinski definition) is 5. The van der Waals surface area contributed by atoms with Crippen LogP contribution in [0.3, 0.4) is 0 Å². The Hall–Kier alpha value is -2.74. The molecule has 0 aliphatic carbocycles. The van der Waals surface area contributed by atoms with Gasteiger partial charge in [-0.15, -0.1) is 0 Å². The van der Waals surface area contributed by atoms with Crippen molar-refractivity contribution in [1.82, 2.24) is 5.32 Å². The normalized spacial score (nSPS) is 11.3. The summed E-state index contributed by atoms with van der Waals surface area (Å²) in [4.78, 5) is 12.5. The van der Waals surface area contributed by atoms with E-state index in [4.69, 9.17) is 9.47 Å². The molecule has 2 rings (SSSR count).